The van der Waals surface area contributed by atoms with E-state index in [4.69, 9.17) is 39.8 Å². The van der Waals surface area contributed by atoms with E-state index in [0.29, 0.717) is 5.75 Å². The largest absolute Gasteiger partial charge is 0.449 e. The number of carbonyl (C=O) groups is 1. The monoisotopic (exact) mass is 318 g/mol. The Morgan fingerprint density at radius 2 is 1.73 bits per heavy atom. The molecule has 0 fully saturated rings. The fourth-order valence-corrected chi connectivity index (χ4v) is 1.17. The van der Waals surface area contributed by atoms with E-state index in [0.717, 1.165) is 0 Å². The van der Waals surface area contributed by atoms with Crippen molar-refractivity contribution >= 4 is 41.0 Å². The Morgan fingerprint density at radius 3 is 2.20 bits per heavy atom. The molecule has 0 spiro atoms. The maximum absolute atomic E-state index is 10.9. The molecule has 0 radical (unpaired) electrons. The van der Waals surface area contributed by atoms with Gasteiger partial charge in [0, 0.05) is 19.5 Å². The Morgan fingerprint density at radius 1 is 1.20 bits per heavy atom. The van der Waals surface area contributed by atoms with Crippen LogP contribution in [-0.4, -0.2) is 10.5 Å². The summed E-state index contributed by atoms with van der Waals surface area (Å²) in [6.07, 6.45) is 0. The standard InChI is InChI=1S/C8H5Cl3O3.Zn/c9-8(10,7(12)14-11)13-6-4-2-1-3-5-6;/h1-5H;. The first-order chi connectivity index (χ1) is 6.56. The first-order valence-corrected chi connectivity index (χ1v) is 4.57. The van der Waals surface area contributed by atoms with Gasteiger partial charge >= 0.3 is 10.5 Å². The van der Waals surface area contributed by atoms with Gasteiger partial charge in [-0.05, 0) is 35.3 Å². The van der Waals surface area contributed by atoms with Gasteiger partial charge in [0.05, 0.1) is 0 Å². The Labute approximate surface area is 115 Å². The number of carbonyl (C=O) groups excluding carboxylic acids is 1. The second-order valence-corrected chi connectivity index (χ2v) is 3.71. The minimum atomic E-state index is -2.14. The molecule has 0 atom stereocenters. The van der Waals surface area contributed by atoms with Crippen LogP contribution in [-0.2, 0) is 28.6 Å². The fraction of sp³-hybridized carbons (Fsp3) is 0.125. The van der Waals surface area contributed by atoms with Crippen LogP contribution in [0.25, 0.3) is 0 Å². The predicted molar refractivity (Wildman–Crippen MR) is 53.5 cm³/mol. The van der Waals surface area contributed by atoms with Gasteiger partial charge in [-0.15, -0.1) is 0 Å². The van der Waals surface area contributed by atoms with E-state index in [1.807, 2.05) is 0 Å². The van der Waals surface area contributed by atoms with Gasteiger partial charge in [0.25, 0.3) is 0 Å². The smallest absolute Gasteiger partial charge is 0.401 e. The summed E-state index contributed by atoms with van der Waals surface area (Å²) < 4.78 is 6.62. The Kier molecular flexibility index (Phi) is 6.53. The molecule has 3 nitrogen and oxygen atoms in total. The molecule has 0 aliphatic carbocycles. The van der Waals surface area contributed by atoms with Gasteiger partial charge in [-0.1, -0.05) is 18.2 Å². The zero-order valence-electron chi connectivity index (χ0n) is 7.45. The summed E-state index contributed by atoms with van der Waals surface area (Å²) in [5.74, 6) is -0.758. The molecule has 0 saturated carbocycles. The van der Waals surface area contributed by atoms with Crippen molar-refractivity contribution in [2.45, 2.75) is 4.52 Å². The Hall–Kier alpha value is -0.0166. The average molecular weight is 321 g/mol. The van der Waals surface area contributed by atoms with E-state index in [-0.39, 0.29) is 19.5 Å². The summed E-state index contributed by atoms with van der Waals surface area (Å²) in [5.41, 5.74) is 0. The van der Waals surface area contributed by atoms with E-state index in [1.54, 1.807) is 30.3 Å². The third-order valence-corrected chi connectivity index (χ3v) is 1.90. The summed E-state index contributed by atoms with van der Waals surface area (Å²) in [6, 6.07) is 8.34. The van der Waals surface area contributed by atoms with Gasteiger partial charge in [0.15, 0.2) is 0 Å². The van der Waals surface area contributed by atoms with E-state index in [2.05, 4.69) is 4.29 Å². The second-order valence-electron chi connectivity index (χ2n) is 2.30. The van der Waals surface area contributed by atoms with Crippen molar-refractivity contribution in [3.63, 3.8) is 0 Å². The molecular formula is C8H5Cl3O3Zn. The predicted octanol–water partition coefficient (Wildman–Crippen LogP) is 2.89. The molecule has 1 aromatic carbocycles. The van der Waals surface area contributed by atoms with Crippen molar-refractivity contribution in [3.8, 4) is 5.75 Å². The molecule has 1 rings (SSSR count). The Balaban J connectivity index is 0.00000196. The van der Waals surface area contributed by atoms with Crippen molar-refractivity contribution in [2.75, 3.05) is 0 Å². The first-order valence-electron chi connectivity index (χ1n) is 3.51. The normalized spacial score (nSPS) is 10.1. The number of halogens is 3. The van der Waals surface area contributed by atoms with Crippen LogP contribution < -0.4 is 4.74 Å². The quantitative estimate of drug-likeness (QED) is 0.634. The van der Waals surface area contributed by atoms with Gasteiger partial charge in [-0.3, -0.25) is 0 Å². The molecule has 1 aromatic rings. The molecule has 0 bridgehead atoms. The van der Waals surface area contributed by atoms with E-state index in [1.165, 1.54) is 0 Å². The minimum Gasteiger partial charge on any atom is -0.449 e. The molecular weight excluding hydrogens is 316 g/mol. The summed E-state index contributed by atoms with van der Waals surface area (Å²) in [5, 5.41) is 0. The first kappa shape index (κ1) is 15.0. The van der Waals surface area contributed by atoms with Crippen molar-refractivity contribution in [2.24, 2.45) is 0 Å². The van der Waals surface area contributed by atoms with Gasteiger partial charge in [0.2, 0.25) is 0 Å². The van der Waals surface area contributed by atoms with Crippen LogP contribution in [0.5, 0.6) is 5.75 Å². The minimum absolute atomic E-state index is 0. The topological polar surface area (TPSA) is 35.5 Å². The van der Waals surface area contributed by atoms with Crippen LogP contribution >= 0.6 is 35.1 Å². The molecule has 0 unspecified atom stereocenters. The summed E-state index contributed by atoms with van der Waals surface area (Å²) in [7, 11) is 0. The fourth-order valence-electron chi connectivity index (χ4n) is 0.723. The van der Waals surface area contributed by atoms with Crippen LogP contribution in [0.15, 0.2) is 30.3 Å². The van der Waals surface area contributed by atoms with Gasteiger partial charge in [-0.25, -0.2) is 4.79 Å². The van der Waals surface area contributed by atoms with Crippen molar-refractivity contribution in [3.05, 3.63) is 30.3 Å². The third kappa shape index (κ3) is 4.56. The van der Waals surface area contributed by atoms with Crippen molar-refractivity contribution in [1.82, 2.24) is 0 Å². The maximum Gasteiger partial charge on any atom is 0.401 e. The maximum atomic E-state index is 10.9. The molecule has 0 aliphatic rings. The van der Waals surface area contributed by atoms with E-state index < -0.39 is 10.5 Å². The second kappa shape index (κ2) is 6.54. The molecule has 0 N–H and O–H groups in total. The SMILES string of the molecule is O=C(OCl)C(Cl)(Cl)Oc1ccccc1.[Zn]. The number of hydrogen-bond acceptors (Lipinski definition) is 3. The molecule has 0 saturated heterocycles. The molecule has 7 heteroatoms. The van der Waals surface area contributed by atoms with E-state index >= 15 is 0 Å². The van der Waals surface area contributed by atoms with Crippen LogP contribution in [0.4, 0.5) is 0 Å². The van der Waals surface area contributed by atoms with Crippen molar-refractivity contribution in [1.29, 1.82) is 0 Å². The molecule has 0 amide bonds. The van der Waals surface area contributed by atoms with Crippen LogP contribution in [0.2, 0.25) is 0 Å². The summed E-state index contributed by atoms with van der Waals surface area (Å²) in [6.45, 7) is 0. The third-order valence-electron chi connectivity index (χ3n) is 1.30. The number of alkyl halides is 2. The number of benzene rings is 1. The number of para-hydroxylation sites is 1. The summed E-state index contributed by atoms with van der Waals surface area (Å²) in [4.78, 5) is 10.9. The van der Waals surface area contributed by atoms with Crippen LogP contribution in [0.1, 0.15) is 0 Å². The van der Waals surface area contributed by atoms with Crippen molar-refractivity contribution < 1.29 is 33.3 Å². The number of rotatable bonds is 3. The molecule has 0 heterocycles. The van der Waals surface area contributed by atoms with Crippen LogP contribution in [0.3, 0.4) is 0 Å². The Bertz CT molecular complexity index is 318. The van der Waals surface area contributed by atoms with Gasteiger partial charge in [-0.2, -0.15) is 0 Å². The van der Waals surface area contributed by atoms with E-state index in [9.17, 15) is 4.79 Å². The molecule has 15 heavy (non-hydrogen) atoms. The zero-order chi connectivity index (χ0) is 10.6. The molecule has 78 valence electrons. The average Bonchev–Trinajstić information content (AvgIpc) is 2.17. The number of hydrogen-bond donors (Lipinski definition) is 0. The van der Waals surface area contributed by atoms with Crippen LogP contribution in [0, 0.1) is 0 Å². The zero-order valence-corrected chi connectivity index (χ0v) is 12.7. The van der Waals surface area contributed by atoms with Gasteiger partial charge < -0.3 is 9.03 Å². The molecule has 0 aliphatic heterocycles. The summed E-state index contributed by atoms with van der Waals surface area (Å²) >= 11 is 15.8. The number of ether oxygens (including phenoxy) is 1. The van der Waals surface area contributed by atoms with Gasteiger partial charge in [0.1, 0.15) is 17.6 Å². The molecule has 0 aromatic heterocycles.